The largest absolute Gasteiger partial charge is 0.497 e. The van der Waals surface area contributed by atoms with Crippen LogP contribution in [0, 0.1) is 5.82 Å². The molecular formula is C22H25FN4O. The highest BCUT2D eigenvalue weighted by molar-refractivity contribution is 5.64. The van der Waals surface area contributed by atoms with Crippen molar-refractivity contribution in [3.63, 3.8) is 0 Å². The van der Waals surface area contributed by atoms with Crippen LogP contribution in [-0.2, 0) is 13.1 Å². The van der Waals surface area contributed by atoms with Crippen LogP contribution >= 0.6 is 0 Å². The first-order valence-electron chi connectivity index (χ1n) is 9.59. The Kier molecular flexibility index (Phi) is 5.69. The Labute approximate surface area is 164 Å². The molecule has 2 N–H and O–H groups in total. The summed E-state index contributed by atoms with van der Waals surface area (Å²) in [7, 11) is 1.53. The minimum atomic E-state index is -0.320. The summed E-state index contributed by atoms with van der Waals surface area (Å²) in [5, 5.41) is 10.7. The fourth-order valence-corrected chi connectivity index (χ4v) is 3.74. The van der Waals surface area contributed by atoms with Gasteiger partial charge in [0.25, 0.3) is 0 Å². The summed E-state index contributed by atoms with van der Waals surface area (Å²) in [6.07, 6.45) is 2.87. The second kappa shape index (κ2) is 8.54. The van der Waals surface area contributed by atoms with Gasteiger partial charge in [-0.25, -0.2) is 4.39 Å². The Hall–Kier alpha value is -2.70. The standard InChI is InChI=1S/C22H25FN4O/c1-28-19-7-8-20(21(23)11-19)22-17(13-25-26-22)12-24-18-9-10-27(15-18)14-16-5-3-2-4-6-16/h2-8,11,13,18,24H,9-10,12,14-15H2,1H3,(H,25,26). The molecular weight excluding hydrogens is 355 g/mol. The quantitative estimate of drug-likeness (QED) is 0.658. The van der Waals surface area contributed by atoms with Gasteiger partial charge in [0.05, 0.1) is 19.0 Å². The van der Waals surface area contributed by atoms with Crippen molar-refractivity contribution in [2.45, 2.75) is 25.6 Å². The number of hydrogen-bond acceptors (Lipinski definition) is 4. The van der Waals surface area contributed by atoms with E-state index in [1.54, 1.807) is 18.3 Å². The van der Waals surface area contributed by atoms with E-state index in [1.807, 2.05) is 6.07 Å². The van der Waals surface area contributed by atoms with Gasteiger partial charge in [-0.2, -0.15) is 5.10 Å². The lowest BCUT2D eigenvalue weighted by Crippen LogP contribution is -2.32. The number of aromatic nitrogens is 2. The van der Waals surface area contributed by atoms with Crippen LogP contribution < -0.4 is 10.1 Å². The van der Waals surface area contributed by atoms with Gasteiger partial charge < -0.3 is 10.1 Å². The van der Waals surface area contributed by atoms with Crippen LogP contribution in [0.25, 0.3) is 11.3 Å². The second-order valence-corrected chi connectivity index (χ2v) is 7.20. The topological polar surface area (TPSA) is 53.2 Å². The molecule has 146 valence electrons. The highest BCUT2D eigenvalue weighted by Crippen LogP contribution is 2.27. The van der Waals surface area contributed by atoms with Gasteiger partial charge in [0.1, 0.15) is 11.6 Å². The summed E-state index contributed by atoms with van der Waals surface area (Å²) in [6.45, 7) is 3.73. The van der Waals surface area contributed by atoms with E-state index in [0.717, 1.165) is 31.6 Å². The molecule has 0 aliphatic carbocycles. The van der Waals surface area contributed by atoms with Crippen LogP contribution in [0.3, 0.4) is 0 Å². The maximum Gasteiger partial charge on any atom is 0.136 e. The summed E-state index contributed by atoms with van der Waals surface area (Å²) in [5.74, 6) is 0.185. The molecule has 0 bridgehead atoms. The molecule has 1 aliphatic rings. The van der Waals surface area contributed by atoms with Gasteiger partial charge in [0, 0.05) is 49.4 Å². The smallest absolute Gasteiger partial charge is 0.136 e. The Morgan fingerprint density at radius 3 is 2.89 bits per heavy atom. The van der Waals surface area contributed by atoms with Crippen LogP contribution in [0.5, 0.6) is 5.75 Å². The maximum absolute atomic E-state index is 14.4. The third-order valence-corrected chi connectivity index (χ3v) is 5.27. The minimum Gasteiger partial charge on any atom is -0.497 e. The molecule has 0 amide bonds. The number of hydrogen-bond donors (Lipinski definition) is 2. The molecule has 3 aromatic rings. The number of H-pyrrole nitrogens is 1. The third kappa shape index (κ3) is 4.24. The van der Waals surface area contributed by atoms with Crippen LogP contribution in [0.2, 0.25) is 0 Å². The lowest BCUT2D eigenvalue weighted by molar-refractivity contribution is 0.320. The summed E-state index contributed by atoms with van der Waals surface area (Å²) < 4.78 is 19.5. The van der Waals surface area contributed by atoms with Crippen molar-refractivity contribution in [1.29, 1.82) is 0 Å². The lowest BCUT2D eigenvalue weighted by Gasteiger charge is -2.17. The Morgan fingerprint density at radius 1 is 1.25 bits per heavy atom. The predicted octanol–water partition coefficient (Wildman–Crippen LogP) is 3.59. The fraction of sp³-hybridized carbons (Fsp3) is 0.318. The number of rotatable bonds is 7. The Balaban J connectivity index is 1.36. The number of halogens is 1. The molecule has 1 atom stereocenters. The van der Waals surface area contributed by atoms with Crippen LogP contribution in [0.1, 0.15) is 17.5 Å². The van der Waals surface area contributed by atoms with Crippen molar-refractivity contribution >= 4 is 0 Å². The van der Waals surface area contributed by atoms with E-state index in [2.05, 4.69) is 44.7 Å². The van der Waals surface area contributed by atoms with Crippen molar-refractivity contribution in [2.75, 3.05) is 20.2 Å². The van der Waals surface area contributed by atoms with E-state index in [1.165, 1.54) is 18.7 Å². The molecule has 0 radical (unpaired) electrons. The number of methoxy groups -OCH3 is 1. The van der Waals surface area contributed by atoms with Crippen LogP contribution in [-0.4, -0.2) is 41.3 Å². The van der Waals surface area contributed by atoms with E-state index < -0.39 is 0 Å². The summed E-state index contributed by atoms with van der Waals surface area (Å²) in [4.78, 5) is 2.46. The van der Waals surface area contributed by atoms with Gasteiger partial charge in [-0.1, -0.05) is 30.3 Å². The first kappa shape index (κ1) is 18.7. The molecule has 2 aromatic carbocycles. The number of likely N-dealkylation sites (tertiary alicyclic amines) is 1. The molecule has 5 nitrogen and oxygen atoms in total. The van der Waals surface area contributed by atoms with Crippen LogP contribution in [0.15, 0.2) is 54.7 Å². The number of ether oxygens (including phenoxy) is 1. The van der Waals surface area contributed by atoms with Gasteiger partial charge in [-0.05, 0) is 24.1 Å². The van der Waals surface area contributed by atoms with Crippen molar-refractivity contribution in [2.24, 2.45) is 0 Å². The van der Waals surface area contributed by atoms with E-state index in [9.17, 15) is 4.39 Å². The van der Waals surface area contributed by atoms with Gasteiger partial charge in [0.15, 0.2) is 0 Å². The lowest BCUT2D eigenvalue weighted by atomic mass is 10.1. The molecule has 6 heteroatoms. The van der Waals surface area contributed by atoms with Gasteiger partial charge in [-0.3, -0.25) is 10.00 Å². The first-order chi connectivity index (χ1) is 13.7. The average molecular weight is 380 g/mol. The zero-order valence-corrected chi connectivity index (χ0v) is 16.0. The van der Waals surface area contributed by atoms with Crippen LogP contribution in [0.4, 0.5) is 4.39 Å². The molecule has 28 heavy (non-hydrogen) atoms. The summed E-state index contributed by atoms with van der Waals surface area (Å²) in [6, 6.07) is 15.9. The first-order valence-corrected chi connectivity index (χ1v) is 9.59. The van der Waals surface area contributed by atoms with E-state index >= 15 is 0 Å². The van der Waals surface area contributed by atoms with Crippen molar-refractivity contribution in [3.05, 3.63) is 71.7 Å². The Morgan fingerprint density at radius 2 is 2.11 bits per heavy atom. The third-order valence-electron chi connectivity index (χ3n) is 5.27. The molecule has 1 unspecified atom stereocenters. The number of nitrogens with one attached hydrogen (secondary N) is 2. The van der Waals surface area contributed by atoms with Crippen molar-refractivity contribution in [1.82, 2.24) is 20.4 Å². The van der Waals surface area contributed by atoms with Crippen molar-refractivity contribution in [3.8, 4) is 17.0 Å². The monoisotopic (exact) mass is 380 g/mol. The number of aromatic amines is 1. The van der Waals surface area contributed by atoms with Crippen molar-refractivity contribution < 1.29 is 9.13 Å². The zero-order chi connectivity index (χ0) is 19.3. The molecule has 0 spiro atoms. The fourth-order valence-electron chi connectivity index (χ4n) is 3.74. The zero-order valence-electron chi connectivity index (χ0n) is 16.0. The van der Waals surface area contributed by atoms with Gasteiger partial charge >= 0.3 is 0 Å². The molecule has 4 rings (SSSR count). The molecule has 1 fully saturated rings. The number of benzene rings is 2. The summed E-state index contributed by atoms with van der Waals surface area (Å²) in [5.41, 5.74) is 3.53. The molecule has 2 heterocycles. The molecule has 1 saturated heterocycles. The molecule has 1 aromatic heterocycles. The molecule has 1 aliphatic heterocycles. The van der Waals surface area contributed by atoms with E-state index in [-0.39, 0.29) is 5.82 Å². The van der Waals surface area contributed by atoms with E-state index in [0.29, 0.717) is 29.6 Å². The van der Waals surface area contributed by atoms with Gasteiger partial charge in [-0.15, -0.1) is 0 Å². The SMILES string of the molecule is COc1ccc(-c2[nH]ncc2CNC2CCN(Cc3ccccc3)C2)c(F)c1. The Bertz CT molecular complexity index is 912. The normalized spacial score (nSPS) is 17.1. The van der Waals surface area contributed by atoms with Gasteiger partial charge in [0.2, 0.25) is 0 Å². The highest BCUT2D eigenvalue weighted by Gasteiger charge is 2.22. The predicted molar refractivity (Wildman–Crippen MR) is 107 cm³/mol. The summed E-state index contributed by atoms with van der Waals surface area (Å²) >= 11 is 0. The minimum absolute atomic E-state index is 0.320. The number of nitrogens with zero attached hydrogens (tertiary/aromatic N) is 2. The second-order valence-electron chi connectivity index (χ2n) is 7.20. The highest BCUT2D eigenvalue weighted by atomic mass is 19.1. The molecule has 0 saturated carbocycles. The van der Waals surface area contributed by atoms with E-state index in [4.69, 9.17) is 4.74 Å². The maximum atomic E-state index is 14.4. The average Bonchev–Trinajstić information content (AvgIpc) is 3.36.